The van der Waals surface area contributed by atoms with Crippen molar-refractivity contribution in [2.75, 3.05) is 13.1 Å². The van der Waals surface area contributed by atoms with E-state index in [1.807, 2.05) is 30.1 Å². The minimum atomic E-state index is -0.282. The van der Waals surface area contributed by atoms with E-state index in [4.69, 9.17) is 0 Å². The Hall–Kier alpha value is -2.96. The zero-order chi connectivity index (χ0) is 17.4. The highest BCUT2D eigenvalue weighted by Gasteiger charge is 2.28. The molecule has 0 radical (unpaired) electrons. The summed E-state index contributed by atoms with van der Waals surface area (Å²) >= 11 is 0. The molecule has 3 aromatic rings. The molecule has 4 rings (SSSR count). The second kappa shape index (κ2) is 6.16. The molecule has 128 valence electrons. The highest BCUT2D eigenvalue weighted by Crippen LogP contribution is 2.23. The summed E-state index contributed by atoms with van der Waals surface area (Å²) in [6.45, 7) is 3.28. The number of piperidine rings is 1. The lowest BCUT2D eigenvalue weighted by Gasteiger charge is -2.32. The number of nitrogens with one attached hydrogen (secondary N) is 1. The molecule has 1 fully saturated rings. The van der Waals surface area contributed by atoms with E-state index >= 15 is 0 Å². The van der Waals surface area contributed by atoms with E-state index in [1.54, 1.807) is 23.1 Å². The van der Waals surface area contributed by atoms with E-state index in [1.165, 1.54) is 0 Å². The number of aromatic nitrogens is 4. The van der Waals surface area contributed by atoms with E-state index in [2.05, 4.69) is 15.3 Å². The van der Waals surface area contributed by atoms with E-state index in [9.17, 15) is 9.59 Å². The molecule has 0 bridgehead atoms. The molecule has 1 saturated heterocycles. The van der Waals surface area contributed by atoms with Crippen LogP contribution in [0.2, 0.25) is 0 Å². The van der Waals surface area contributed by atoms with Crippen molar-refractivity contribution in [2.45, 2.75) is 25.8 Å². The van der Waals surface area contributed by atoms with Crippen molar-refractivity contribution < 1.29 is 4.79 Å². The van der Waals surface area contributed by atoms with Gasteiger partial charge in [0.25, 0.3) is 11.5 Å². The fourth-order valence-electron chi connectivity index (χ4n) is 3.42. The van der Waals surface area contributed by atoms with Crippen molar-refractivity contribution in [3.63, 3.8) is 0 Å². The van der Waals surface area contributed by atoms with Gasteiger partial charge in [-0.3, -0.25) is 14.3 Å². The van der Waals surface area contributed by atoms with E-state index < -0.39 is 0 Å². The number of H-pyrrole nitrogens is 1. The first-order valence-corrected chi connectivity index (χ1v) is 8.41. The molecule has 7 nitrogen and oxygen atoms in total. The number of aryl methyl sites for hydroxylation is 1. The molecule has 1 aliphatic rings. The molecule has 0 unspecified atom stereocenters. The summed E-state index contributed by atoms with van der Waals surface area (Å²) < 4.78 is 1.94. The Morgan fingerprint density at radius 3 is 2.84 bits per heavy atom. The number of carbonyl (C=O) groups is 1. The molecule has 7 heteroatoms. The number of carbonyl (C=O) groups excluding carboxylic acids is 1. The van der Waals surface area contributed by atoms with Crippen molar-refractivity contribution in [1.29, 1.82) is 0 Å². The van der Waals surface area contributed by atoms with Crippen LogP contribution in [0, 0.1) is 6.92 Å². The molecule has 3 heterocycles. The first kappa shape index (κ1) is 15.6. The third kappa shape index (κ3) is 2.82. The van der Waals surface area contributed by atoms with Gasteiger partial charge in [-0.25, -0.2) is 5.10 Å². The predicted octanol–water partition coefficient (Wildman–Crippen LogP) is 1.91. The van der Waals surface area contributed by atoms with Crippen LogP contribution in [0.1, 0.15) is 34.9 Å². The smallest absolute Gasteiger partial charge is 0.275 e. The molecule has 25 heavy (non-hydrogen) atoms. The molecule has 1 atom stereocenters. The van der Waals surface area contributed by atoms with Crippen molar-refractivity contribution in [3.8, 4) is 0 Å². The molecular formula is C18H19N5O2. The number of fused-ring (bicyclic) bond motifs is 1. The second-order valence-corrected chi connectivity index (χ2v) is 6.49. The fourth-order valence-corrected chi connectivity index (χ4v) is 3.42. The number of amides is 1. The Morgan fingerprint density at radius 1 is 1.28 bits per heavy atom. The first-order valence-electron chi connectivity index (χ1n) is 8.41. The maximum Gasteiger partial charge on any atom is 0.275 e. The Labute approximate surface area is 144 Å². The van der Waals surface area contributed by atoms with Crippen LogP contribution in [-0.2, 0) is 0 Å². The van der Waals surface area contributed by atoms with Crippen molar-refractivity contribution in [1.82, 2.24) is 24.9 Å². The molecule has 1 amide bonds. The van der Waals surface area contributed by atoms with Gasteiger partial charge in [0.1, 0.15) is 0 Å². The van der Waals surface area contributed by atoms with Crippen LogP contribution >= 0.6 is 0 Å². The quantitative estimate of drug-likeness (QED) is 0.774. The number of benzene rings is 1. The highest BCUT2D eigenvalue weighted by molar-refractivity contribution is 6.04. The van der Waals surface area contributed by atoms with Gasteiger partial charge >= 0.3 is 0 Å². The normalized spacial score (nSPS) is 17.8. The van der Waals surface area contributed by atoms with Gasteiger partial charge in [-0.2, -0.15) is 10.2 Å². The van der Waals surface area contributed by atoms with Crippen LogP contribution in [0.4, 0.5) is 0 Å². The molecule has 2 aromatic heterocycles. The summed E-state index contributed by atoms with van der Waals surface area (Å²) in [5.41, 5.74) is 1.12. The third-order valence-electron chi connectivity index (χ3n) is 4.69. The van der Waals surface area contributed by atoms with Gasteiger partial charge < -0.3 is 4.90 Å². The summed E-state index contributed by atoms with van der Waals surface area (Å²) in [5, 5.41) is 11.9. The molecular weight excluding hydrogens is 318 g/mol. The monoisotopic (exact) mass is 337 g/mol. The third-order valence-corrected chi connectivity index (χ3v) is 4.69. The maximum absolute atomic E-state index is 13.0. The van der Waals surface area contributed by atoms with Gasteiger partial charge in [0.2, 0.25) is 0 Å². The topological polar surface area (TPSA) is 83.9 Å². The van der Waals surface area contributed by atoms with Gasteiger partial charge in [-0.1, -0.05) is 18.2 Å². The van der Waals surface area contributed by atoms with Gasteiger partial charge in [-0.15, -0.1) is 0 Å². The number of hydrogen-bond donors (Lipinski definition) is 1. The number of hydrogen-bond acceptors (Lipinski definition) is 4. The summed E-state index contributed by atoms with van der Waals surface area (Å²) in [7, 11) is 0. The van der Waals surface area contributed by atoms with E-state index in [0.29, 0.717) is 29.6 Å². The van der Waals surface area contributed by atoms with Crippen LogP contribution in [0.3, 0.4) is 0 Å². The fraction of sp³-hybridized carbons (Fsp3) is 0.333. The van der Waals surface area contributed by atoms with Crippen LogP contribution in [-0.4, -0.2) is 43.9 Å². The minimum Gasteiger partial charge on any atom is -0.335 e. The largest absolute Gasteiger partial charge is 0.335 e. The maximum atomic E-state index is 13.0. The Kier molecular flexibility index (Phi) is 3.83. The average molecular weight is 337 g/mol. The molecule has 0 aliphatic carbocycles. The van der Waals surface area contributed by atoms with Gasteiger partial charge in [-0.05, 0) is 31.4 Å². The molecule has 1 N–H and O–H groups in total. The lowest BCUT2D eigenvalue weighted by molar-refractivity contribution is 0.0668. The lowest BCUT2D eigenvalue weighted by Crippen LogP contribution is -2.41. The van der Waals surface area contributed by atoms with Crippen LogP contribution in [0.25, 0.3) is 10.8 Å². The number of rotatable bonds is 2. The molecule has 1 aromatic carbocycles. The number of aromatic amines is 1. The average Bonchev–Trinajstić information content (AvgIpc) is 3.08. The van der Waals surface area contributed by atoms with E-state index in [0.717, 1.165) is 18.4 Å². The Morgan fingerprint density at radius 2 is 2.08 bits per heavy atom. The number of nitrogens with zero attached hydrogens (tertiary/aromatic N) is 4. The number of likely N-dealkylation sites (tertiary alicyclic amines) is 1. The standard InChI is InChI=1S/C18H19N5O2/c1-12-9-19-23(10-12)13-5-4-8-22(11-13)18(25)16-14-6-2-3-7-15(14)17(24)21-20-16/h2-3,6-7,9-10,13H,4-5,8,11H2,1H3,(H,21,24)/t13-/m1/s1. The summed E-state index contributed by atoms with van der Waals surface area (Å²) in [6, 6.07) is 7.23. The SMILES string of the molecule is Cc1cnn([C@@H]2CCCN(C(=O)c3n[nH]c(=O)c4ccccc34)C2)c1. The van der Waals surface area contributed by atoms with Crippen molar-refractivity contribution >= 4 is 16.7 Å². The minimum absolute atomic E-state index is 0.152. The van der Waals surface area contributed by atoms with Crippen molar-refractivity contribution in [2.24, 2.45) is 0 Å². The predicted molar refractivity (Wildman–Crippen MR) is 93.5 cm³/mol. The molecule has 1 aliphatic heterocycles. The van der Waals surface area contributed by atoms with Gasteiger partial charge in [0, 0.05) is 24.7 Å². The van der Waals surface area contributed by atoms with Gasteiger partial charge in [0.05, 0.1) is 17.6 Å². The highest BCUT2D eigenvalue weighted by atomic mass is 16.2. The molecule has 0 saturated carbocycles. The molecule has 0 spiro atoms. The van der Waals surface area contributed by atoms with Crippen LogP contribution in [0.15, 0.2) is 41.5 Å². The summed E-state index contributed by atoms with van der Waals surface area (Å²) in [6.07, 6.45) is 5.74. The van der Waals surface area contributed by atoms with Crippen molar-refractivity contribution in [3.05, 3.63) is 58.3 Å². The van der Waals surface area contributed by atoms with Crippen LogP contribution < -0.4 is 5.56 Å². The lowest BCUT2D eigenvalue weighted by atomic mass is 10.0. The second-order valence-electron chi connectivity index (χ2n) is 6.49. The van der Waals surface area contributed by atoms with Gasteiger partial charge in [0.15, 0.2) is 5.69 Å². The van der Waals surface area contributed by atoms with E-state index in [-0.39, 0.29) is 17.5 Å². The zero-order valence-corrected chi connectivity index (χ0v) is 14.0. The first-order chi connectivity index (χ1) is 12.1. The Balaban J connectivity index is 1.65. The summed E-state index contributed by atoms with van der Waals surface area (Å²) in [4.78, 5) is 26.7. The Bertz CT molecular complexity index is 990. The zero-order valence-electron chi connectivity index (χ0n) is 14.0. The summed E-state index contributed by atoms with van der Waals surface area (Å²) in [5.74, 6) is -0.152. The van der Waals surface area contributed by atoms with Crippen LogP contribution in [0.5, 0.6) is 0 Å².